The molecule has 6 heteroatoms. The lowest BCUT2D eigenvalue weighted by molar-refractivity contribution is -0.118. The van der Waals surface area contributed by atoms with Crippen LogP contribution < -0.4 is 10.1 Å². The van der Waals surface area contributed by atoms with Crippen LogP contribution >= 0.6 is 34.2 Å². The number of methoxy groups -OCH3 is 1. The molecular weight excluding hydrogens is 463 g/mol. The van der Waals surface area contributed by atoms with Crippen LogP contribution in [-0.4, -0.2) is 24.5 Å². The molecule has 0 aliphatic rings. The zero-order valence-electron chi connectivity index (χ0n) is 14.7. The maximum absolute atomic E-state index is 11.3. The van der Waals surface area contributed by atoms with E-state index in [2.05, 4.69) is 39.0 Å². The van der Waals surface area contributed by atoms with Crippen LogP contribution in [0.5, 0.6) is 5.75 Å². The first-order valence-electron chi connectivity index (χ1n) is 8.32. The van der Waals surface area contributed by atoms with E-state index in [0.717, 1.165) is 54.9 Å². The maximum atomic E-state index is 11.3. The van der Waals surface area contributed by atoms with Crippen LogP contribution in [-0.2, 0) is 15.6 Å². The van der Waals surface area contributed by atoms with Crippen molar-refractivity contribution in [3.05, 3.63) is 52.5 Å². The van der Waals surface area contributed by atoms with Gasteiger partial charge in [0.25, 0.3) is 0 Å². The van der Waals surface area contributed by atoms with Gasteiger partial charge < -0.3 is 15.0 Å². The van der Waals surface area contributed by atoms with Gasteiger partial charge in [-0.2, -0.15) is 0 Å². The molecular formula is C20H20ClIN2O2. The summed E-state index contributed by atoms with van der Waals surface area (Å²) in [5.41, 5.74) is 5.45. The normalized spacial score (nSPS) is 10.9. The lowest BCUT2D eigenvalue weighted by Gasteiger charge is -2.11. The van der Waals surface area contributed by atoms with Crippen LogP contribution in [0.1, 0.15) is 18.1 Å². The third-order valence-corrected chi connectivity index (χ3v) is 5.50. The number of hydrogen-bond acceptors (Lipinski definition) is 2. The number of halogens is 2. The highest BCUT2D eigenvalue weighted by Gasteiger charge is 2.17. The average Bonchev–Trinajstić information content (AvgIpc) is 2.98. The Labute approximate surface area is 171 Å². The number of H-pyrrole nitrogens is 1. The highest BCUT2D eigenvalue weighted by molar-refractivity contribution is 14.1. The molecule has 0 unspecified atom stereocenters. The number of amides is 1. The summed E-state index contributed by atoms with van der Waals surface area (Å²) in [6, 6.07) is 12.0. The number of benzene rings is 2. The third-order valence-electron chi connectivity index (χ3n) is 4.38. The fourth-order valence-electron chi connectivity index (χ4n) is 3.14. The maximum Gasteiger partial charge on any atom is 0.216 e. The van der Waals surface area contributed by atoms with Crippen molar-refractivity contribution in [3.8, 4) is 17.0 Å². The number of aromatic nitrogens is 1. The van der Waals surface area contributed by atoms with Crippen LogP contribution in [0, 0.1) is 0 Å². The molecule has 0 radical (unpaired) electrons. The minimum absolute atomic E-state index is 0.0281. The number of ether oxygens (including phenoxy) is 1. The molecule has 3 rings (SSSR count). The van der Waals surface area contributed by atoms with E-state index in [-0.39, 0.29) is 5.91 Å². The topological polar surface area (TPSA) is 54.1 Å². The first-order valence-corrected chi connectivity index (χ1v) is 10.2. The predicted molar refractivity (Wildman–Crippen MR) is 115 cm³/mol. The van der Waals surface area contributed by atoms with Gasteiger partial charge in [-0.25, -0.2) is 0 Å². The smallest absolute Gasteiger partial charge is 0.216 e. The molecule has 2 N–H and O–H groups in total. The highest BCUT2D eigenvalue weighted by atomic mass is 127. The zero-order chi connectivity index (χ0) is 18.7. The fourth-order valence-corrected chi connectivity index (χ4v) is 4.42. The Morgan fingerprint density at radius 3 is 2.77 bits per heavy atom. The van der Waals surface area contributed by atoms with E-state index in [9.17, 15) is 4.79 Å². The fraction of sp³-hybridized carbons (Fsp3) is 0.250. The van der Waals surface area contributed by atoms with E-state index >= 15 is 0 Å². The van der Waals surface area contributed by atoms with Gasteiger partial charge in [0.1, 0.15) is 5.75 Å². The quantitative estimate of drug-likeness (QED) is 0.379. The van der Waals surface area contributed by atoms with Gasteiger partial charge in [0.15, 0.2) is 0 Å². The molecule has 0 aliphatic carbocycles. The number of rotatable bonds is 6. The molecule has 1 aromatic heterocycles. The van der Waals surface area contributed by atoms with Crippen molar-refractivity contribution in [1.29, 1.82) is 0 Å². The van der Waals surface area contributed by atoms with Crippen molar-refractivity contribution < 1.29 is 9.53 Å². The Morgan fingerprint density at radius 2 is 2.08 bits per heavy atom. The van der Waals surface area contributed by atoms with Gasteiger partial charge in [-0.15, -0.1) is 0 Å². The monoisotopic (exact) mass is 482 g/mol. The van der Waals surface area contributed by atoms with E-state index in [4.69, 9.17) is 16.3 Å². The van der Waals surface area contributed by atoms with Crippen molar-refractivity contribution in [3.63, 3.8) is 0 Å². The molecule has 4 nitrogen and oxygen atoms in total. The second-order valence-corrected chi connectivity index (χ2v) is 7.19. The number of hydrogen-bond donors (Lipinski definition) is 2. The number of fused-ring (bicyclic) bond motifs is 1. The third kappa shape index (κ3) is 3.83. The van der Waals surface area contributed by atoms with Crippen molar-refractivity contribution >= 4 is 51.0 Å². The minimum Gasteiger partial charge on any atom is -0.497 e. The number of alkyl halides is 1. The van der Waals surface area contributed by atoms with Crippen LogP contribution in [0.3, 0.4) is 0 Å². The van der Waals surface area contributed by atoms with E-state index in [1.165, 1.54) is 6.92 Å². The summed E-state index contributed by atoms with van der Waals surface area (Å²) in [4.78, 5) is 14.8. The van der Waals surface area contributed by atoms with Crippen LogP contribution in [0.15, 0.2) is 36.4 Å². The molecule has 136 valence electrons. The molecule has 2 aromatic carbocycles. The Kier molecular flexibility index (Phi) is 6.09. The number of aromatic amines is 1. The summed E-state index contributed by atoms with van der Waals surface area (Å²) in [6.45, 7) is 2.11. The summed E-state index contributed by atoms with van der Waals surface area (Å²) < 4.78 is 6.21. The molecule has 0 saturated carbocycles. The SMILES string of the molecule is COc1ccc2[nH]c(-c3cccc(Cl)c3CI)c(CCNC(C)=O)c2c1. The Balaban J connectivity index is 2.17. The van der Waals surface area contributed by atoms with Crippen LogP contribution in [0.2, 0.25) is 5.02 Å². The molecule has 0 aliphatic heterocycles. The second kappa shape index (κ2) is 8.31. The summed E-state index contributed by atoms with van der Waals surface area (Å²) >= 11 is 8.76. The number of carbonyl (C=O) groups is 1. The molecule has 0 fully saturated rings. The van der Waals surface area contributed by atoms with E-state index in [1.807, 2.05) is 30.3 Å². The molecule has 26 heavy (non-hydrogen) atoms. The highest BCUT2D eigenvalue weighted by Crippen LogP contribution is 2.37. The Hall–Kier alpha value is -1.73. The molecule has 0 saturated heterocycles. The van der Waals surface area contributed by atoms with Crippen LogP contribution in [0.4, 0.5) is 0 Å². The summed E-state index contributed by atoms with van der Waals surface area (Å²) in [5.74, 6) is 0.781. The lowest BCUT2D eigenvalue weighted by Crippen LogP contribution is -2.22. The van der Waals surface area contributed by atoms with Crippen molar-refractivity contribution in [1.82, 2.24) is 10.3 Å². The molecule has 0 atom stereocenters. The second-order valence-electron chi connectivity index (χ2n) is 6.02. The van der Waals surface area contributed by atoms with Crippen LogP contribution in [0.25, 0.3) is 22.2 Å². The van der Waals surface area contributed by atoms with Crippen molar-refractivity contribution in [2.45, 2.75) is 17.8 Å². The van der Waals surface area contributed by atoms with Gasteiger partial charge in [-0.1, -0.05) is 46.3 Å². The molecule has 0 spiro atoms. The van der Waals surface area contributed by atoms with E-state index in [1.54, 1.807) is 7.11 Å². The van der Waals surface area contributed by atoms with Gasteiger partial charge in [0.05, 0.1) is 12.8 Å². The van der Waals surface area contributed by atoms with Gasteiger partial charge in [-0.3, -0.25) is 4.79 Å². The summed E-state index contributed by atoms with van der Waals surface area (Å²) in [7, 11) is 1.66. The minimum atomic E-state index is -0.0281. The van der Waals surface area contributed by atoms with Gasteiger partial charge in [-0.05, 0) is 41.8 Å². The largest absolute Gasteiger partial charge is 0.497 e. The molecule has 1 amide bonds. The molecule has 0 bridgehead atoms. The van der Waals surface area contributed by atoms with Gasteiger partial charge in [0.2, 0.25) is 5.91 Å². The lowest BCUT2D eigenvalue weighted by atomic mass is 9.99. The first-order chi connectivity index (χ1) is 12.5. The molecule has 1 heterocycles. The van der Waals surface area contributed by atoms with Gasteiger partial charge >= 0.3 is 0 Å². The summed E-state index contributed by atoms with van der Waals surface area (Å²) in [6.07, 6.45) is 0.718. The predicted octanol–water partition coefficient (Wildman–Crippen LogP) is 5.11. The molecule has 3 aromatic rings. The first kappa shape index (κ1) is 19.0. The Morgan fingerprint density at radius 1 is 1.27 bits per heavy atom. The van der Waals surface area contributed by atoms with Gasteiger partial charge in [0, 0.05) is 39.4 Å². The van der Waals surface area contributed by atoms with Crippen molar-refractivity contribution in [2.75, 3.05) is 13.7 Å². The van der Waals surface area contributed by atoms with E-state index < -0.39 is 0 Å². The Bertz CT molecular complexity index is 952. The summed E-state index contributed by atoms with van der Waals surface area (Å²) in [5, 5.41) is 4.75. The standard InChI is InChI=1S/C20H20ClIN2O2/c1-12(25)23-9-8-15-16-10-13(26-2)6-7-19(16)24-20(15)14-4-3-5-18(21)17(14)11-22/h3-7,10,24H,8-9,11H2,1-2H3,(H,23,25). The number of nitrogens with one attached hydrogen (secondary N) is 2. The van der Waals surface area contributed by atoms with E-state index in [0.29, 0.717) is 6.54 Å². The zero-order valence-corrected chi connectivity index (χ0v) is 17.6. The average molecular weight is 483 g/mol. The van der Waals surface area contributed by atoms with Crippen molar-refractivity contribution in [2.24, 2.45) is 0 Å². The number of carbonyl (C=O) groups excluding carboxylic acids is 1.